The largest absolute Gasteiger partial charge is 0.493 e. The van der Waals surface area contributed by atoms with Crippen LogP contribution in [0.5, 0.6) is 5.75 Å². The Morgan fingerprint density at radius 1 is 1.26 bits per heavy atom. The molecule has 1 heterocycles. The number of carbonyl (C=O) groups excluding carboxylic acids is 1. The molecule has 0 radical (unpaired) electrons. The van der Waals surface area contributed by atoms with Crippen molar-refractivity contribution in [1.29, 1.82) is 0 Å². The van der Waals surface area contributed by atoms with Crippen LogP contribution in [-0.2, 0) is 4.74 Å². The van der Waals surface area contributed by atoms with Gasteiger partial charge >= 0.3 is 5.97 Å². The summed E-state index contributed by atoms with van der Waals surface area (Å²) in [6.45, 7) is 8.19. The van der Waals surface area contributed by atoms with Gasteiger partial charge in [0, 0.05) is 18.3 Å². The molecule has 128 valence electrons. The number of aryl methyl sites for hydroxylation is 1. The second-order valence-corrected chi connectivity index (χ2v) is 6.03. The van der Waals surface area contributed by atoms with Crippen LogP contribution < -0.4 is 10.5 Å². The van der Waals surface area contributed by atoms with E-state index in [0.717, 1.165) is 24.3 Å². The summed E-state index contributed by atoms with van der Waals surface area (Å²) in [6, 6.07) is 3.47. The predicted octanol–water partition coefficient (Wildman–Crippen LogP) is 3.01. The topological polar surface area (TPSA) is 64.8 Å². The Bertz CT molecular complexity index is 525. The van der Waals surface area contributed by atoms with Crippen LogP contribution in [0.2, 0.25) is 0 Å². The van der Waals surface area contributed by atoms with Gasteiger partial charge in [-0.15, -0.1) is 0 Å². The maximum Gasteiger partial charge on any atom is 0.340 e. The van der Waals surface area contributed by atoms with Gasteiger partial charge in [-0.1, -0.05) is 6.42 Å². The zero-order valence-electron chi connectivity index (χ0n) is 14.3. The van der Waals surface area contributed by atoms with Gasteiger partial charge in [-0.25, -0.2) is 4.79 Å². The highest BCUT2D eigenvalue weighted by molar-refractivity contribution is 5.95. The van der Waals surface area contributed by atoms with Crippen molar-refractivity contribution in [3.63, 3.8) is 0 Å². The van der Waals surface area contributed by atoms with E-state index in [2.05, 4.69) is 4.90 Å². The van der Waals surface area contributed by atoms with Crippen LogP contribution in [0.3, 0.4) is 0 Å². The lowest BCUT2D eigenvalue weighted by Crippen LogP contribution is -2.31. The van der Waals surface area contributed by atoms with Gasteiger partial charge < -0.3 is 20.1 Å². The average Bonchev–Trinajstić information content (AvgIpc) is 2.55. The molecule has 1 saturated heterocycles. The summed E-state index contributed by atoms with van der Waals surface area (Å²) >= 11 is 0. The zero-order chi connectivity index (χ0) is 16.7. The molecule has 1 aliphatic rings. The minimum Gasteiger partial charge on any atom is -0.493 e. The van der Waals surface area contributed by atoms with Crippen molar-refractivity contribution >= 4 is 11.7 Å². The highest BCUT2D eigenvalue weighted by Crippen LogP contribution is 2.26. The fraction of sp³-hybridized carbons (Fsp3) is 0.611. The maximum atomic E-state index is 11.8. The van der Waals surface area contributed by atoms with Crippen molar-refractivity contribution < 1.29 is 14.3 Å². The third kappa shape index (κ3) is 5.13. The summed E-state index contributed by atoms with van der Waals surface area (Å²) in [5.74, 6) is 0.360. The minimum absolute atomic E-state index is 0.339. The first-order chi connectivity index (χ1) is 11.1. The van der Waals surface area contributed by atoms with Gasteiger partial charge in [-0.3, -0.25) is 0 Å². The van der Waals surface area contributed by atoms with Gasteiger partial charge in [-0.2, -0.15) is 0 Å². The van der Waals surface area contributed by atoms with E-state index in [4.69, 9.17) is 15.2 Å². The molecule has 0 aliphatic carbocycles. The number of nitrogens with zero attached hydrogens (tertiary/aromatic N) is 1. The lowest BCUT2D eigenvalue weighted by Gasteiger charge is -2.26. The molecular formula is C18H28N2O3. The Labute approximate surface area is 138 Å². The summed E-state index contributed by atoms with van der Waals surface area (Å²) in [6.07, 6.45) is 4.98. The number of likely N-dealkylation sites (tertiary alicyclic amines) is 1. The number of anilines is 1. The zero-order valence-corrected chi connectivity index (χ0v) is 14.3. The summed E-state index contributed by atoms with van der Waals surface area (Å²) in [7, 11) is 0. The summed E-state index contributed by atoms with van der Waals surface area (Å²) in [5, 5.41) is 0. The molecule has 1 fully saturated rings. The third-order valence-electron chi connectivity index (χ3n) is 4.17. The SMILES string of the molecule is CCOC(=O)c1cc(C)c(OCCCN2CCCCC2)cc1N. The van der Waals surface area contributed by atoms with Gasteiger partial charge in [0.15, 0.2) is 0 Å². The summed E-state index contributed by atoms with van der Waals surface area (Å²) in [4.78, 5) is 14.3. The first-order valence-corrected chi connectivity index (χ1v) is 8.54. The average molecular weight is 320 g/mol. The normalized spacial score (nSPS) is 15.4. The quantitative estimate of drug-likeness (QED) is 0.475. The number of esters is 1. The Morgan fingerprint density at radius 3 is 2.70 bits per heavy atom. The second-order valence-electron chi connectivity index (χ2n) is 6.03. The van der Waals surface area contributed by atoms with Crippen LogP contribution >= 0.6 is 0 Å². The number of carbonyl (C=O) groups is 1. The van der Waals surface area contributed by atoms with Crippen molar-refractivity contribution in [2.24, 2.45) is 0 Å². The molecule has 5 heteroatoms. The first kappa shape index (κ1) is 17.6. The van der Waals surface area contributed by atoms with E-state index in [0.29, 0.717) is 24.5 Å². The fourth-order valence-electron chi connectivity index (χ4n) is 2.90. The number of benzene rings is 1. The number of hydrogen-bond donors (Lipinski definition) is 1. The fourth-order valence-corrected chi connectivity index (χ4v) is 2.90. The smallest absolute Gasteiger partial charge is 0.340 e. The molecule has 1 aliphatic heterocycles. The molecule has 1 aromatic rings. The van der Waals surface area contributed by atoms with Gasteiger partial charge in [0.2, 0.25) is 0 Å². The standard InChI is InChI=1S/C18H28N2O3/c1-3-22-18(21)15-12-14(2)17(13-16(15)19)23-11-7-10-20-8-5-4-6-9-20/h12-13H,3-11,19H2,1-2H3. The van der Waals surface area contributed by atoms with Crippen molar-refractivity contribution in [3.05, 3.63) is 23.3 Å². The molecule has 2 N–H and O–H groups in total. The molecular weight excluding hydrogens is 292 g/mol. The molecule has 0 aromatic heterocycles. The van der Waals surface area contributed by atoms with Crippen LogP contribution in [0.4, 0.5) is 5.69 Å². The Kier molecular flexibility index (Phi) is 6.71. The number of ether oxygens (including phenoxy) is 2. The Hall–Kier alpha value is -1.75. The molecule has 0 unspecified atom stereocenters. The number of piperidine rings is 1. The molecule has 0 atom stereocenters. The summed E-state index contributed by atoms with van der Waals surface area (Å²) < 4.78 is 10.8. The van der Waals surface area contributed by atoms with E-state index in [9.17, 15) is 4.79 Å². The number of nitrogen functional groups attached to an aromatic ring is 1. The van der Waals surface area contributed by atoms with Crippen LogP contribution in [0.1, 0.15) is 48.5 Å². The monoisotopic (exact) mass is 320 g/mol. The first-order valence-electron chi connectivity index (χ1n) is 8.54. The Morgan fingerprint density at radius 2 is 2.00 bits per heavy atom. The van der Waals surface area contributed by atoms with Gasteiger partial charge in [0.25, 0.3) is 0 Å². The summed E-state index contributed by atoms with van der Waals surface area (Å²) in [5.41, 5.74) is 7.67. The van der Waals surface area contributed by atoms with E-state index < -0.39 is 0 Å². The lowest BCUT2D eigenvalue weighted by atomic mass is 10.1. The van der Waals surface area contributed by atoms with Gasteiger partial charge in [-0.05, 0) is 57.8 Å². The molecule has 0 spiro atoms. The van der Waals surface area contributed by atoms with Crippen LogP contribution in [-0.4, -0.2) is 43.7 Å². The number of nitrogens with two attached hydrogens (primary N) is 1. The van der Waals surface area contributed by atoms with Gasteiger partial charge in [0.1, 0.15) is 5.75 Å². The Balaban J connectivity index is 1.85. The minimum atomic E-state index is -0.384. The molecule has 0 bridgehead atoms. The van der Waals surface area contributed by atoms with E-state index in [-0.39, 0.29) is 5.97 Å². The van der Waals surface area contributed by atoms with Crippen LogP contribution in [0, 0.1) is 6.92 Å². The molecule has 0 amide bonds. The number of rotatable bonds is 7. The molecule has 0 saturated carbocycles. The predicted molar refractivity (Wildman–Crippen MR) is 92.0 cm³/mol. The van der Waals surface area contributed by atoms with Crippen LogP contribution in [0.25, 0.3) is 0 Å². The number of hydrogen-bond acceptors (Lipinski definition) is 5. The third-order valence-corrected chi connectivity index (χ3v) is 4.17. The van der Waals surface area contributed by atoms with Crippen molar-refractivity contribution in [3.8, 4) is 5.75 Å². The molecule has 23 heavy (non-hydrogen) atoms. The molecule has 5 nitrogen and oxygen atoms in total. The highest BCUT2D eigenvalue weighted by atomic mass is 16.5. The van der Waals surface area contributed by atoms with Crippen molar-refractivity contribution in [2.45, 2.75) is 39.5 Å². The van der Waals surface area contributed by atoms with Gasteiger partial charge in [0.05, 0.1) is 18.8 Å². The van der Waals surface area contributed by atoms with Crippen molar-refractivity contribution in [2.75, 3.05) is 38.6 Å². The van der Waals surface area contributed by atoms with E-state index >= 15 is 0 Å². The maximum absolute atomic E-state index is 11.8. The van der Waals surface area contributed by atoms with E-state index in [1.54, 1.807) is 19.1 Å². The van der Waals surface area contributed by atoms with Crippen LogP contribution in [0.15, 0.2) is 12.1 Å². The lowest BCUT2D eigenvalue weighted by molar-refractivity contribution is 0.0527. The second kappa shape index (κ2) is 8.77. The molecule has 1 aromatic carbocycles. The van der Waals surface area contributed by atoms with E-state index in [1.807, 2.05) is 6.92 Å². The molecule has 2 rings (SSSR count). The van der Waals surface area contributed by atoms with Crippen molar-refractivity contribution in [1.82, 2.24) is 4.90 Å². The highest BCUT2D eigenvalue weighted by Gasteiger charge is 2.14. The van der Waals surface area contributed by atoms with E-state index in [1.165, 1.54) is 32.4 Å².